The number of hydrogen-bond donors (Lipinski definition) is 2. The summed E-state index contributed by atoms with van der Waals surface area (Å²) in [6.45, 7) is -3.74. The molecule has 7 nitrogen and oxygen atoms in total. The van der Waals surface area contributed by atoms with Gasteiger partial charge in [0.15, 0.2) is 0 Å². The van der Waals surface area contributed by atoms with Gasteiger partial charge in [0.25, 0.3) is 17.7 Å². The highest BCUT2D eigenvalue weighted by molar-refractivity contribution is 6.26. The van der Waals surface area contributed by atoms with E-state index in [-0.39, 0.29) is 16.2 Å². The number of anilines is 1. The highest BCUT2D eigenvalue weighted by atomic mass is 16.2. The number of nitrogen functional groups attached to an aromatic ring is 1. The van der Waals surface area contributed by atoms with Crippen molar-refractivity contribution in [3.63, 3.8) is 0 Å². The predicted molar refractivity (Wildman–Crippen MR) is 72.1 cm³/mol. The number of piperidine rings is 1. The minimum absolute atomic E-state index is 0.138. The topological polar surface area (TPSA) is 110 Å². The second-order valence-electron chi connectivity index (χ2n) is 4.46. The third kappa shape index (κ3) is 1.67. The summed E-state index contributed by atoms with van der Waals surface area (Å²) < 4.78 is 55.1. The van der Waals surface area contributed by atoms with Crippen LogP contribution >= 0.6 is 0 Å². The van der Waals surface area contributed by atoms with Gasteiger partial charge in [-0.15, -0.1) is 0 Å². The third-order valence-corrected chi connectivity index (χ3v) is 3.20. The summed E-state index contributed by atoms with van der Waals surface area (Å²) in [6, 6.07) is 3.67. The second-order valence-corrected chi connectivity index (χ2v) is 4.46. The molecule has 0 saturated carbocycles. The van der Waals surface area contributed by atoms with Gasteiger partial charge in [0.05, 0.1) is 11.1 Å². The first-order valence-electron chi connectivity index (χ1n) is 9.27. The fraction of sp³-hybridized carbons (Fsp3) is 0.286. The first kappa shape index (κ1) is 7.35. The number of imide groups is 2. The normalized spacial score (nSPS) is 35.4. The molecule has 1 aromatic rings. The van der Waals surface area contributed by atoms with Crippen LogP contribution in [0.25, 0.3) is 0 Å². The van der Waals surface area contributed by atoms with Crippen LogP contribution < -0.4 is 11.1 Å². The summed E-state index contributed by atoms with van der Waals surface area (Å²) in [5.74, 6) is -6.27. The van der Waals surface area contributed by atoms with Gasteiger partial charge in [-0.05, 0) is 25.4 Å². The van der Waals surface area contributed by atoms with Crippen LogP contribution in [0.3, 0.4) is 0 Å². The van der Waals surface area contributed by atoms with E-state index < -0.39 is 54.3 Å². The Labute approximate surface area is 129 Å². The Hall–Kier alpha value is -2.70. The van der Waals surface area contributed by atoms with Gasteiger partial charge in [0.2, 0.25) is 5.91 Å². The maximum absolute atomic E-state index is 12.9. The lowest BCUT2D eigenvalue weighted by atomic mass is 9.89. The zero-order chi connectivity index (χ0) is 21.4. The summed E-state index contributed by atoms with van der Waals surface area (Å²) >= 11 is 0. The lowest BCUT2D eigenvalue weighted by molar-refractivity contribution is -0.140. The molecule has 0 aliphatic carbocycles. The van der Waals surface area contributed by atoms with Gasteiger partial charge in [0.1, 0.15) is 5.54 Å². The van der Waals surface area contributed by atoms with E-state index in [0.717, 1.165) is 6.07 Å². The Morgan fingerprint density at radius 2 is 2.10 bits per heavy atom. The number of carbonyl (C=O) groups is 4. The number of rotatable bonds is 1. The summed E-state index contributed by atoms with van der Waals surface area (Å²) in [5, 5.41) is 1.45. The maximum Gasteiger partial charge on any atom is 0.264 e. The van der Waals surface area contributed by atoms with E-state index in [4.69, 9.17) is 15.3 Å². The third-order valence-electron chi connectivity index (χ3n) is 3.20. The smallest absolute Gasteiger partial charge is 0.264 e. The minimum Gasteiger partial charge on any atom is -0.398 e. The molecule has 1 aromatic carbocycles. The van der Waals surface area contributed by atoms with Gasteiger partial charge in [-0.2, -0.15) is 0 Å². The molecule has 3 N–H and O–H groups in total. The van der Waals surface area contributed by atoms with Crippen molar-refractivity contribution in [2.75, 3.05) is 5.73 Å². The highest BCUT2D eigenvalue weighted by Gasteiger charge is 2.53. The number of carbonyl (C=O) groups excluding carboxylic acids is 4. The summed E-state index contributed by atoms with van der Waals surface area (Å²) in [7, 11) is 0. The summed E-state index contributed by atoms with van der Waals surface area (Å²) in [4.78, 5) is 50.3. The second kappa shape index (κ2) is 4.15. The van der Waals surface area contributed by atoms with E-state index in [1.165, 1.54) is 17.4 Å². The minimum atomic E-state index is -3.80. The van der Waals surface area contributed by atoms with Crippen molar-refractivity contribution in [2.24, 2.45) is 0 Å². The SMILES string of the molecule is [2H]C([2H])([2H])C1(N2C(=O)c3cccc(N)c3C2=O)C(=O)NC(=O)C([2H])([2H])C1([2H])[2H]. The number of nitrogens with zero attached hydrogens (tertiary/aromatic N) is 1. The summed E-state index contributed by atoms with van der Waals surface area (Å²) in [5.41, 5.74) is 1.02. The molecule has 2 aliphatic heterocycles. The Morgan fingerprint density at radius 1 is 1.33 bits per heavy atom. The fourth-order valence-corrected chi connectivity index (χ4v) is 2.20. The van der Waals surface area contributed by atoms with Crippen LogP contribution in [-0.4, -0.2) is 34.1 Å². The van der Waals surface area contributed by atoms with Gasteiger partial charge in [-0.25, -0.2) is 0 Å². The maximum atomic E-state index is 12.9. The average molecular weight is 294 g/mol. The molecule has 1 atom stereocenters. The molecule has 21 heavy (non-hydrogen) atoms. The van der Waals surface area contributed by atoms with Crippen LogP contribution in [0.5, 0.6) is 0 Å². The van der Waals surface area contributed by atoms with E-state index in [9.17, 15) is 19.2 Å². The first-order valence-corrected chi connectivity index (χ1v) is 5.77. The highest BCUT2D eigenvalue weighted by Crippen LogP contribution is 2.35. The number of nitrogens with two attached hydrogens (primary N) is 1. The lowest BCUT2D eigenvalue weighted by Crippen LogP contribution is -2.62. The number of nitrogens with one attached hydrogen (secondary N) is 1. The van der Waals surface area contributed by atoms with Crippen LogP contribution in [-0.2, 0) is 9.59 Å². The molecular formula is C14H13N3O4. The molecule has 0 aromatic heterocycles. The molecule has 1 saturated heterocycles. The molecule has 1 unspecified atom stereocenters. The molecule has 3 rings (SSSR count). The van der Waals surface area contributed by atoms with E-state index in [0.29, 0.717) is 0 Å². The van der Waals surface area contributed by atoms with Crippen molar-refractivity contribution in [3.05, 3.63) is 29.3 Å². The number of hydrogen-bond acceptors (Lipinski definition) is 5. The monoisotopic (exact) mass is 294 g/mol. The zero-order valence-corrected chi connectivity index (χ0v) is 10.4. The van der Waals surface area contributed by atoms with Gasteiger partial charge in [-0.3, -0.25) is 29.4 Å². The van der Waals surface area contributed by atoms with Crippen LogP contribution in [0.2, 0.25) is 0 Å². The molecule has 2 heterocycles. The molecule has 0 bridgehead atoms. The van der Waals surface area contributed by atoms with Gasteiger partial charge in [0, 0.05) is 21.7 Å². The molecule has 2 aliphatic rings. The van der Waals surface area contributed by atoms with Crippen LogP contribution in [0, 0.1) is 0 Å². The van der Waals surface area contributed by atoms with Crippen molar-refractivity contribution in [3.8, 4) is 0 Å². The quantitative estimate of drug-likeness (QED) is 0.562. The van der Waals surface area contributed by atoms with Gasteiger partial charge < -0.3 is 5.73 Å². The van der Waals surface area contributed by atoms with E-state index in [2.05, 4.69) is 0 Å². The largest absolute Gasteiger partial charge is 0.398 e. The van der Waals surface area contributed by atoms with E-state index in [1.807, 2.05) is 0 Å². The van der Waals surface area contributed by atoms with Crippen molar-refractivity contribution < 1.29 is 28.8 Å². The van der Waals surface area contributed by atoms with Crippen LogP contribution in [0.15, 0.2) is 18.2 Å². The van der Waals surface area contributed by atoms with Crippen molar-refractivity contribution in [1.82, 2.24) is 10.2 Å². The molecule has 4 amide bonds. The number of amides is 4. The lowest BCUT2D eigenvalue weighted by Gasteiger charge is -2.38. The summed E-state index contributed by atoms with van der Waals surface area (Å²) in [6.07, 6.45) is -7.36. The number of fused-ring (bicyclic) bond motifs is 1. The van der Waals surface area contributed by atoms with Crippen molar-refractivity contribution >= 4 is 29.3 Å². The molecular weight excluding hydrogens is 274 g/mol. The van der Waals surface area contributed by atoms with Crippen molar-refractivity contribution in [2.45, 2.75) is 25.1 Å². The molecule has 0 spiro atoms. The Bertz CT molecular complexity index is 959. The molecule has 0 radical (unpaired) electrons. The predicted octanol–water partition coefficient (Wildman–Crippen LogP) is 0.0601. The Morgan fingerprint density at radius 3 is 2.76 bits per heavy atom. The standard InChI is InChI=1S/C14H13N3O4/c1-14(6-5-9(18)16-13(14)21)17-11(19)7-3-2-4-8(15)10(7)12(17)20/h2-4H,5-6,15H2,1H3,(H,16,18,21)/i1D3,5D2,6D2. The van der Waals surface area contributed by atoms with Crippen LogP contribution in [0.4, 0.5) is 5.69 Å². The zero-order valence-electron chi connectivity index (χ0n) is 17.4. The van der Waals surface area contributed by atoms with Gasteiger partial charge in [-0.1, -0.05) is 6.07 Å². The Kier molecular flexibility index (Phi) is 1.45. The Balaban J connectivity index is 2.39. The van der Waals surface area contributed by atoms with E-state index >= 15 is 0 Å². The molecule has 1 fully saturated rings. The van der Waals surface area contributed by atoms with Crippen LogP contribution in [0.1, 0.15) is 49.9 Å². The molecule has 7 heteroatoms. The van der Waals surface area contributed by atoms with E-state index in [1.54, 1.807) is 0 Å². The van der Waals surface area contributed by atoms with Crippen molar-refractivity contribution in [1.29, 1.82) is 0 Å². The van der Waals surface area contributed by atoms with Gasteiger partial charge >= 0.3 is 0 Å². The first-order chi connectivity index (χ1) is 12.6. The fourth-order valence-electron chi connectivity index (χ4n) is 2.20. The number of benzene rings is 1. The average Bonchev–Trinajstić information content (AvgIpc) is 2.79. The molecule has 108 valence electrons.